The smallest absolute Gasteiger partial charge is 0.413 e. The maximum atomic E-state index is 12.3. The van der Waals surface area contributed by atoms with E-state index in [1.165, 1.54) is 37.0 Å². The van der Waals surface area contributed by atoms with Crippen LogP contribution in [0, 0.1) is 5.92 Å². The molecule has 144 valence electrons. The molecule has 1 saturated carbocycles. The summed E-state index contributed by atoms with van der Waals surface area (Å²) in [7, 11) is 0. The van der Waals surface area contributed by atoms with Crippen molar-refractivity contribution in [2.45, 2.75) is 65.4 Å². The van der Waals surface area contributed by atoms with E-state index in [4.69, 9.17) is 9.47 Å². The lowest BCUT2D eigenvalue weighted by Crippen LogP contribution is -2.27. The summed E-state index contributed by atoms with van der Waals surface area (Å²) in [4.78, 5) is 28.6. The fourth-order valence-electron chi connectivity index (χ4n) is 2.88. The summed E-state index contributed by atoms with van der Waals surface area (Å²) in [5, 5.41) is 4.76. The molecular formula is C19H28N2O4S. The quantitative estimate of drug-likeness (QED) is 0.554. The Morgan fingerprint density at radius 2 is 2.04 bits per heavy atom. The van der Waals surface area contributed by atoms with Crippen molar-refractivity contribution in [1.82, 2.24) is 4.98 Å². The molecule has 1 fully saturated rings. The largest absolute Gasteiger partial charge is 0.462 e. The number of anilines is 1. The van der Waals surface area contributed by atoms with Crippen LogP contribution in [0.3, 0.4) is 0 Å². The molecule has 0 atom stereocenters. The summed E-state index contributed by atoms with van der Waals surface area (Å²) in [5.74, 6) is 0.247. The maximum absolute atomic E-state index is 12.3. The van der Waals surface area contributed by atoms with Crippen molar-refractivity contribution in [3.05, 3.63) is 17.2 Å². The molecule has 1 aromatic heterocycles. The Kier molecular flexibility index (Phi) is 7.20. The van der Waals surface area contributed by atoms with Crippen molar-refractivity contribution < 1.29 is 19.1 Å². The molecule has 1 aromatic rings. The van der Waals surface area contributed by atoms with Crippen LogP contribution in [0.4, 0.5) is 9.93 Å². The van der Waals surface area contributed by atoms with Crippen LogP contribution in [0.5, 0.6) is 0 Å². The van der Waals surface area contributed by atoms with E-state index in [1.54, 1.807) is 33.1 Å². The number of hydrogen-bond acceptors (Lipinski definition) is 6. The van der Waals surface area contributed by atoms with Crippen LogP contribution in [0.1, 0.15) is 65.5 Å². The van der Waals surface area contributed by atoms with Crippen molar-refractivity contribution in [2.24, 2.45) is 5.92 Å². The second-order valence-electron chi connectivity index (χ2n) is 7.39. The number of amides is 1. The van der Waals surface area contributed by atoms with Gasteiger partial charge in [-0.25, -0.2) is 14.6 Å². The van der Waals surface area contributed by atoms with E-state index in [2.05, 4.69) is 10.3 Å². The predicted octanol–water partition coefficient (Wildman–Crippen LogP) is 5.02. The first-order valence-electron chi connectivity index (χ1n) is 9.11. The number of nitrogens with one attached hydrogen (secondary N) is 1. The number of nitrogens with zero attached hydrogens (tertiary/aromatic N) is 1. The minimum atomic E-state index is -0.582. The van der Waals surface area contributed by atoms with E-state index in [0.717, 1.165) is 6.42 Å². The van der Waals surface area contributed by atoms with Crippen LogP contribution in [0.15, 0.2) is 11.5 Å². The Labute approximate surface area is 159 Å². The van der Waals surface area contributed by atoms with Crippen LogP contribution in [0.2, 0.25) is 0 Å². The number of ether oxygens (including phenoxy) is 2. The summed E-state index contributed by atoms with van der Waals surface area (Å²) in [6, 6.07) is 0. The minimum absolute atomic E-state index is 0.312. The third-order valence-corrected chi connectivity index (χ3v) is 4.77. The van der Waals surface area contributed by atoms with Gasteiger partial charge in [0.1, 0.15) is 5.60 Å². The van der Waals surface area contributed by atoms with Gasteiger partial charge >= 0.3 is 12.1 Å². The maximum Gasteiger partial charge on any atom is 0.413 e. The van der Waals surface area contributed by atoms with Crippen molar-refractivity contribution in [1.29, 1.82) is 0 Å². The van der Waals surface area contributed by atoms with E-state index >= 15 is 0 Å². The first-order chi connectivity index (χ1) is 12.3. The molecule has 1 aliphatic rings. The van der Waals surface area contributed by atoms with E-state index in [-0.39, 0.29) is 5.97 Å². The van der Waals surface area contributed by atoms with Gasteiger partial charge in [0.25, 0.3) is 0 Å². The first-order valence-corrected chi connectivity index (χ1v) is 9.99. The van der Waals surface area contributed by atoms with E-state index in [0.29, 0.717) is 28.9 Å². The molecule has 2 rings (SSSR count). The topological polar surface area (TPSA) is 77.5 Å². The highest BCUT2D eigenvalue weighted by atomic mass is 32.1. The molecule has 0 aromatic carbocycles. The fraction of sp³-hybridized carbons (Fsp3) is 0.632. The standard InChI is InChI=1S/C19H28N2O4S/c1-5-24-16(22)14(11-10-13-8-6-7-9-13)15-12-26-17(20-15)21-18(23)25-19(2,3)4/h11-13H,5-10H2,1-4H3,(H,20,21,23)/b14-11-. The Hall–Kier alpha value is -1.89. The second kappa shape index (κ2) is 9.16. The Bertz CT molecular complexity index is 655. The lowest BCUT2D eigenvalue weighted by atomic mass is 10.0. The molecule has 0 spiro atoms. The van der Waals surface area contributed by atoms with E-state index < -0.39 is 11.7 Å². The van der Waals surface area contributed by atoms with Gasteiger partial charge in [0, 0.05) is 5.38 Å². The lowest BCUT2D eigenvalue weighted by molar-refractivity contribution is -0.136. The molecule has 0 radical (unpaired) electrons. The van der Waals surface area contributed by atoms with Crippen LogP contribution < -0.4 is 5.32 Å². The molecule has 26 heavy (non-hydrogen) atoms. The zero-order chi connectivity index (χ0) is 19.2. The van der Waals surface area contributed by atoms with Gasteiger partial charge in [0.15, 0.2) is 5.13 Å². The normalized spacial score (nSPS) is 15.8. The molecule has 1 heterocycles. The minimum Gasteiger partial charge on any atom is -0.462 e. The number of thiazole rings is 1. The van der Waals surface area contributed by atoms with Gasteiger partial charge in [-0.05, 0) is 40.0 Å². The van der Waals surface area contributed by atoms with Crippen LogP contribution >= 0.6 is 11.3 Å². The lowest BCUT2D eigenvalue weighted by Gasteiger charge is -2.18. The van der Waals surface area contributed by atoms with E-state index in [9.17, 15) is 9.59 Å². The zero-order valence-corrected chi connectivity index (χ0v) is 16.8. The number of aromatic nitrogens is 1. The third kappa shape index (κ3) is 6.44. The van der Waals surface area contributed by atoms with Gasteiger partial charge in [0.05, 0.1) is 17.9 Å². The fourth-order valence-corrected chi connectivity index (χ4v) is 3.57. The van der Waals surface area contributed by atoms with Gasteiger partial charge in [-0.2, -0.15) is 0 Å². The third-order valence-electron chi connectivity index (χ3n) is 4.01. The highest BCUT2D eigenvalue weighted by Gasteiger charge is 2.21. The van der Waals surface area contributed by atoms with E-state index in [1.807, 2.05) is 6.08 Å². The number of hydrogen-bond donors (Lipinski definition) is 1. The number of esters is 1. The van der Waals surface area contributed by atoms with Crippen molar-refractivity contribution in [2.75, 3.05) is 11.9 Å². The van der Waals surface area contributed by atoms with Gasteiger partial charge < -0.3 is 9.47 Å². The molecular weight excluding hydrogens is 352 g/mol. The van der Waals surface area contributed by atoms with Crippen molar-refractivity contribution >= 4 is 34.1 Å². The monoisotopic (exact) mass is 380 g/mol. The highest BCUT2D eigenvalue weighted by molar-refractivity contribution is 7.14. The predicted molar refractivity (Wildman–Crippen MR) is 103 cm³/mol. The summed E-state index contributed by atoms with van der Waals surface area (Å²) >= 11 is 1.25. The number of allylic oxidation sites excluding steroid dienone is 1. The molecule has 0 unspecified atom stereocenters. The summed E-state index contributed by atoms with van der Waals surface area (Å²) < 4.78 is 10.4. The van der Waals surface area contributed by atoms with Gasteiger partial charge in [0.2, 0.25) is 0 Å². The second-order valence-corrected chi connectivity index (χ2v) is 8.25. The molecule has 1 N–H and O–H groups in total. The van der Waals surface area contributed by atoms with Crippen molar-refractivity contribution in [3.8, 4) is 0 Å². The van der Waals surface area contributed by atoms with Gasteiger partial charge in [-0.1, -0.05) is 31.8 Å². The molecule has 0 bridgehead atoms. The SMILES string of the molecule is CCOC(=O)/C(=C\CC1CCCC1)c1csc(NC(=O)OC(C)(C)C)n1. The average Bonchev–Trinajstić information content (AvgIpc) is 3.18. The molecule has 0 saturated heterocycles. The molecule has 0 aliphatic heterocycles. The van der Waals surface area contributed by atoms with Crippen LogP contribution in [-0.2, 0) is 14.3 Å². The molecule has 6 nitrogen and oxygen atoms in total. The Morgan fingerprint density at radius 1 is 1.35 bits per heavy atom. The summed E-state index contributed by atoms with van der Waals surface area (Å²) in [6.07, 6.45) is 7.14. The number of rotatable bonds is 6. The first kappa shape index (κ1) is 20.4. The summed E-state index contributed by atoms with van der Waals surface area (Å²) in [6.45, 7) is 7.48. The molecule has 1 amide bonds. The summed E-state index contributed by atoms with van der Waals surface area (Å²) in [5.41, 5.74) is 0.409. The number of carbonyl (C=O) groups excluding carboxylic acids is 2. The average molecular weight is 381 g/mol. The van der Waals surface area contributed by atoms with Gasteiger partial charge in [-0.3, -0.25) is 5.32 Å². The van der Waals surface area contributed by atoms with Crippen LogP contribution in [0.25, 0.3) is 5.57 Å². The molecule has 7 heteroatoms. The van der Waals surface area contributed by atoms with Crippen molar-refractivity contribution in [3.63, 3.8) is 0 Å². The number of carbonyl (C=O) groups is 2. The Balaban J connectivity index is 2.09. The Morgan fingerprint density at radius 3 is 2.65 bits per heavy atom. The highest BCUT2D eigenvalue weighted by Crippen LogP contribution is 2.30. The van der Waals surface area contributed by atoms with Crippen LogP contribution in [-0.4, -0.2) is 29.3 Å². The van der Waals surface area contributed by atoms with Gasteiger partial charge in [-0.15, -0.1) is 11.3 Å². The molecule has 1 aliphatic carbocycles. The zero-order valence-electron chi connectivity index (χ0n) is 16.0.